The lowest BCUT2D eigenvalue weighted by Gasteiger charge is -2.47. The van der Waals surface area contributed by atoms with Crippen LogP contribution in [-0.4, -0.2) is 503 Å². The number of likely N-dealkylation sites (N-methyl/N-ethyl adjacent to an activating group) is 9. The average molecular weight is 2010 g/mol. The Balaban J connectivity index is 0.000000183. The van der Waals surface area contributed by atoms with Crippen LogP contribution in [0.25, 0.3) is 0 Å². The van der Waals surface area contributed by atoms with Crippen LogP contribution in [0.15, 0.2) is 74.1 Å². The summed E-state index contributed by atoms with van der Waals surface area (Å²) < 4.78 is 63.2. The predicted octanol–water partition coefficient (Wildman–Crippen LogP) is 10.4. The summed E-state index contributed by atoms with van der Waals surface area (Å²) in [6.07, 6.45) is 19.5. The summed E-state index contributed by atoms with van der Waals surface area (Å²) in [7, 11) is 17.6. The number of likely N-dealkylation sites (tertiary alicyclic amines) is 1. The molecule has 0 N–H and O–H groups in total. The Morgan fingerprint density at radius 2 is 0.441 bits per heavy atom. The molecular weight excluding hydrogens is 1810 g/mol. The maximum absolute atomic E-state index is 5.68. The summed E-state index contributed by atoms with van der Waals surface area (Å²) in [5, 5.41) is 27.7. The van der Waals surface area contributed by atoms with Gasteiger partial charge in [-0.05, 0) is 214 Å². The van der Waals surface area contributed by atoms with Gasteiger partial charge in [0, 0.05) is 337 Å². The van der Waals surface area contributed by atoms with Crippen LogP contribution in [0.1, 0.15) is 171 Å². The highest BCUT2D eigenvalue weighted by molar-refractivity contribution is 5.08. The van der Waals surface area contributed by atoms with Crippen molar-refractivity contribution in [1.29, 1.82) is 0 Å². The summed E-state index contributed by atoms with van der Waals surface area (Å²) in [4.78, 5) is 42.0. The van der Waals surface area contributed by atoms with Crippen LogP contribution in [0.5, 0.6) is 0 Å². The SMILES string of the molecule is CCN1CC(N2CCN(C)CC2)C1.Cc1cc(CCCCCCN2CCN(C)CC2)no1.Cc1cc(CCCCCN2CCN(C)CC2)no1.Cc1cc(CCCOCCN2CCN(C)CC2)no1.Cc1cc(CCOCCCN2CCN(C)CC2)no1.Cc1cc(COCCCCN2CCN(C)CC2)no1.Cc1cc(COCCCN2CCN(C)CC2)no1.Cc1cc(COCCCN2CCN(C)CC2)no1. The van der Waals surface area contributed by atoms with E-state index in [4.69, 9.17) is 55.3 Å². The number of nitrogens with zero attached hydrogens (tertiary/aromatic N) is 24. The summed E-state index contributed by atoms with van der Waals surface area (Å²) in [6.45, 7) is 73.5. The standard InChI is InChI=1S/C15H27N3O.3C14H25N3O2.C14H25N3O.2C13H23N3O2.C10H21N3/c1-14-13-15(16-19-14)7-5-3-4-6-8-18-11-9-17(2)10-12-18;1-13-12-14(15-19-13)4-11-18-10-3-5-17-8-6-16(2)7-9-17;1-13-12-14(15-19-13)4-3-10-18-11-9-17-7-5-16(2)6-8-17;1-13-11-14(15-19-13)12-18-10-4-3-5-17-8-6-16(2)7-9-17;1-13-12-14(15-18-13)6-4-3-5-7-17-10-8-16(2)9-11-17;2*1-12-10-13(14-18-12)11-17-9-3-4-16-7-5-15(2)6-8-16;1-3-12-8-10(9-12)13-6-4-11(2)5-7-13/h13H,3-12H2,1-2H3;2*12H,3-11H2,1-2H3;11H,3-10,12H2,1-2H3;12H,3-11H2,1-2H3;2*10H,3-9,11H2,1-2H3;10H,3-9H2,1-2H3. The van der Waals surface area contributed by atoms with Crippen LogP contribution in [-0.2, 0) is 69.2 Å². The van der Waals surface area contributed by atoms with Crippen molar-refractivity contribution in [2.24, 2.45) is 0 Å². The molecule has 0 unspecified atom stereocenters. The Hall–Kier alpha value is -6.41. The lowest BCUT2D eigenvalue weighted by Crippen LogP contribution is -2.62. The van der Waals surface area contributed by atoms with Gasteiger partial charge in [0.05, 0.1) is 55.8 Å². The van der Waals surface area contributed by atoms with Gasteiger partial charge in [0.1, 0.15) is 57.4 Å². The van der Waals surface area contributed by atoms with Gasteiger partial charge in [0.2, 0.25) is 0 Å². The third-order valence-electron chi connectivity index (χ3n) is 28.2. The first-order chi connectivity index (χ1) is 69.5. The summed E-state index contributed by atoms with van der Waals surface area (Å²) >= 11 is 0. The third-order valence-corrected chi connectivity index (χ3v) is 28.2. The second-order valence-corrected chi connectivity index (χ2v) is 41.3. The fourth-order valence-corrected chi connectivity index (χ4v) is 18.3. The zero-order chi connectivity index (χ0) is 102. The Labute approximate surface area is 860 Å². The van der Waals surface area contributed by atoms with Crippen LogP contribution < -0.4 is 0 Å². The number of ether oxygens (including phenoxy) is 5. The van der Waals surface area contributed by atoms with E-state index >= 15 is 0 Å². The largest absolute Gasteiger partial charge is 0.381 e. The molecule has 814 valence electrons. The first kappa shape index (κ1) is 120. The first-order valence-electron chi connectivity index (χ1n) is 54.8. The van der Waals surface area contributed by atoms with E-state index in [-0.39, 0.29) is 0 Å². The van der Waals surface area contributed by atoms with E-state index in [9.17, 15) is 0 Å². The third kappa shape index (κ3) is 54.6. The lowest BCUT2D eigenvalue weighted by atomic mass is 10.1. The van der Waals surface area contributed by atoms with E-state index in [0.29, 0.717) is 19.8 Å². The first-order valence-corrected chi connectivity index (χ1v) is 54.8. The molecule has 36 heteroatoms. The zero-order valence-corrected chi connectivity index (χ0v) is 92.0. The highest BCUT2D eigenvalue weighted by Gasteiger charge is 2.32. The highest BCUT2D eigenvalue weighted by Crippen LogP contribution is 2.19. The molecule has 0 radical (unpaired) electrons. The van der Waals surface area contributed by atoms with Crippen molar-refractivity contribution < 1.29 is 55.3 Å². The monoisotopic (exact) mass is 2010 g/mol. The van der Waals surface area contributed by atoms with Gasteiger partial charge >= 0.3 is 0 Å². The lowest BCUT2D eigenvalue weighted by molar-refractivity contribution is 0.0125. The van der Waals surface area contributed by atoms with Gasteiger partial charge in [-0.1, -0.05) is 62.3 Å². The van der Waals surface area contributed by atoms with Crippen LogP contribution in [0.3, 0.4) is 0 Å². The van der Waals surface area contributed by atoms with Crippen LogP contribution in [0, 0.1) is 48.5 Å². The minimum atomic E-state index is 0.556. The van der Waals surface area contributed by atoms with Crippen molar-refractivity contribution in [2.75, 3.05) is 378 Å². The fourth-order valence-electron chi connectivity index (χ4n) is 18.3. The quantitative estimate of drug-likeness (QED) is 0.0320. The molecule has 143 heavy (non-hydrogen) atoms. The second kappa shape index (κ2) is 72.1. The number of aromatic nitrogens is 7. The molecule has 0 saturated carbocycles. The molecule has 0 aromatic carbocycles. The number of aryl methyl sites for hydroxylation is 10. The predicted molar refractivity (Wildman–Crippen MR) is 567 cm³/mol. The summed E-state index contributed by atoms with van der Waals surface area (Å²) in [5.41, 5.74) is 6.87. The number of hydrogen-bond acceptors (Lipinski definition) is 36. The molecule has 0 atom stereocenters. The molecule has 7 aromatic rings. The Morgan fingerprint density at radius 1 is 0.217 bits per heavy atom. The maximum atomic E-state index is 5.68. The molecule has 0 aliphatic carbocycles. The Morgan fingerprint density at radius 3 is 0.734 bits per heavy atom. The fraction of sp³-hybridized carbons (Fsp3) is 0.804. The van der Waals surface area contributed by atoms with Crippen LogP contribution in [0.2, 0.25) is 0 Å². The molecule has 0 bridgehead atoms. The molecule has 16 rings (SSSR count). The van der Waals surface area contributed by atoms with Gasteiger partial charge in [-0.15, -0.1) is 0 Å². The number of rotatable bonds is 48. The van der Waals surface area contributed by atoms with Crippen LogP contribution in [0.4, 0.5) is 0 Å². The number of unbranched alkanes of at least 4 members (excludes halogenated alkanes) is 6. The zero-order valence-electron chi connectivity index (χ0n) is 92.0. The van der Waals surface area contributed by atoms with E-state index in [0.717, 1.165) is 230 Å². The highest BCUT2D eigenvalue weighted by atomic mass is 16.5. The van der Waals surface area contributed by atoms with Gasteiger partial charge in [0.25, 0.3) is 0 Å². The van der Waals surface area contributed by atoms with Crippen molar-refractivity contribution in [3.8, 4) is 0 Å². The molecule has 0 amide bonds. The van der Waals surface area contributed by atoms with Gasteiger partial charge in [-0.25, -0.2) is 0 Å². The van der Waals surface area contributed by atoms with Gasteiger partial charge in [-0.2, -0.15) is 0 Å². The molecule has 9 aliphatic heterocycles. The van der Waals surface area contributed by atoms with Gasteiger partial charge in [-0.3, -0.25) is 9.80 Å². The minimum absolute atomic E-state index is 0.556. The second-order valence-electron chi connectivity index (χ2n) is 41.3. The van der Waals surface area contributed by atoms with Crippen molar-refractivity contribution in [3.05, 3.63) is 123 Å². The molecule has 9 saturated heterocycles. The van der Waals surface area contributed by atoms with E-state index in [1.807, 2.05) is 90.9 Å². The van der Waals surface area contributed by atoms with Gasteiger partial charge < -0.3 is 129 Å². The smallest absolute Gasteiger partial charge is 0.134 e. The topological polar surface area (TPSA) is 283 Å². The number of hydrogen-bond donors (Lipinski definition) is 0. The van der Waals surface area contributed by atoms with Crippen molar-refractivity contribution in [2.45, 2.75) is 190 Å². The van der Waals surface area contributed by atoms with E-state index in [2.05, 4.69) is 183 Å². The molecule has 36 nitrogen and oxygen atoms in total. The van der Waals surface area contributed by atoms with E-state index in [1.54, 1.807) is 0 Å². The number of piperazine rings is 8. The molecular formula is C107H194N24O12. The molecule has 0 spiro atoms. The summed E-state index contributed by atoms with van der Waals surface area (Å²) in [6, 6.07) is 14.7. The van der Waals surface area contributed by atoms with E-state index in [1.165, 1.54) is 287 Å². The average Bonchev–Trinajstić information content (AvgIpc) is 1.82. The van der Waals surface area contributed by atoms with Crippen molar-refractivity contribution in [3.63, 3.8) is 0 Å². The Bertz CT molecular complexity index is 3750. The van der Waals surface area contributed by atoms with Crippen molar-refractivity contribution >= 4 is 0 Å². The van der Waals surface area contributed by atoms with E-state index < -0.39 is 0 Å². The summed E-state index contributed by atoms with van der Waals surface area (Å²) in [5.74, 6) is 6.11. The van der Waals surface area contributed by atoms with Crippen LogP contribution >= 0.6 is 0 Å². The van der Waals surface area contributed by atoms with Gasteiger partial charge in [0.15, 0.2) is 0 Å². The molecule has 9 aliphatic rings. The maximum Gasteiger partial charge on any atom is 0.134 e. The molecule has 7 aromatic heterocycles. The van der Waals surface area contributed by atoms with Crippen molar-refractivity contribution in [1.82, 2.24) is 119 Å². The molecule has 9 fully saturated rings. The molecule has 16 heterocycles. The minimum Gasteiger partial charge on any atom is -0.381 e. The Kier molecular flexibility index (Phi) is 60.5. The normalized spacial score (nSPS) is 19.1.